The van der Waals surface area contributed by atoms with Crippen LogP contribution in [0.1, 0.15) is 21.5 Å². The molecule has 0 aliphatic carbocycles. The molecule has 0 radical (unpaired) electrons. The molecule has 0 amide bonds. The first-order valence-corrected chi connectivity index (χ1v) is 6.26. The van der Waals surface area contributed by atoms with E-state index in [1.807, 2.05) is 0 Å². The van der Waals surface area contributed by atoms with Gasteiger partial charge in [-0.25, -0.2) is 10.4 Å². The molecule has 0 saturated carbocycles. The van der Waals surface area contributed by atoms with Crippen molar-refractivity contribution in [2.75, 3.05) is 0 Å². The second kappa shape index (κ2) is 5.00. The summed E-state index contributed by atoms with van der Waals surface area (Å²) in [5.74, 6) is 5.37. The first-order chi connectivity index (χ1) is 8.43. The highest BCUT2D eigenvalue weighted by atomic mass is 79.9. The van der Waals surface area contributed by atoms with Crippen molar-refractivity contribution >= 4 is 27.3 Å². The maximum Gasteiger partial charge on any atom is 0.443 e. The van der Waals surface area contributed by atoms with Crippen molar-refractivity contribution in [3.05, 3.63) is 38.6 Å². The summed E-state index contributed by atoms with van der Waals surface area (Å²) in [7, 11) is 0. The van der Waals surface area contributed by atoms with Gasteiger partial charge >= 0.3 is 6.18 Å². The second-order valence-corrected chi connectivity index (χ2v) is 5.10. The average molecular weight is 342 g/mol. The molecule has 9 heteroatoms. The van der Waals surface area contributed by atoms with Crippen LogP contribution in [0.5, 0.6) is 0 Å². The minimum Gasteiger partial charge on any atom is -0.457 e. The van der Waals surface area contributed by atoms with E-state index >= 15 is 0 Å². The van der Waals surface area contributed by atoms with Crippen LogP contribution in [0.3, 0.4) is 0 Å². The monoisotopic (exact) mass is 341 g/mol. The lowest BCUT2D eigenvalue weighted by Crippen LogP contribution is -2.28. The molecule has 18 heavy (non-hydrogen) atoms. The van der Waals surface area contributed by atoms with Gasteiger partial charge in [0.25, 0.3) is 0 Å². The molecular weight excluding hydrogens is 335 g/mol. The van der Waals surface area contributed by atoms with Crippen LogP contribution in [-0.2, 0) is 6.18 Å². The molecular formula is C9H7BrF3N3OS. The van der Waals surface area contributed by atoms with Crippen molar-refractivity contribution in [2.24, 2.45) is 5.84 Å². The summed E-state index contributed by atoms with van der Waals surface area (Å²) in [4.78, 5) is 3.70. The number of halogens is 4. The summed E-state index contributed by atoms with van der Waals surface area (Å²) < 4.78 is 42.8. The molecule has 0 aliphatic heterocycles. The van der Waals surface area contributed by atoms with Crippen LogP contribution in [-0.4, -0.2) is 4.98 Å². The van der Waals surface area contributed by atoms with Crippen molar-refractivity contribution in [3.8, 4) is 0 Å². The van der Waals surface area contributed by atoms with Crippen molar-refractivity contribution in [2.45, 2.75) is 12.2 Å². The molecule has 2 heterocycles. The summed E-state index contributed by atoms with van der Waals surface area (Å²) in [6.07, 6.45) is -1.89. The van der Waals surface area contributed by atoms with Gasteiger partial charge in [-0.2, -0.15) is 13.2 Å². The van der Waals surface area contributed by atoms with Crippen molar-refractivity contribution < 1.29 is 17.6 Å². The Hall–Kier alpha value is -0.900. The van der Waals surface area contributed by atoms with E-state index in [1.54, 1.807) is 6.07 Å². The summed E-state index contributed by atoms with van der Waals surface area (Å²) in [6.45, 7) is 0. The Morgan fingerprint density at radius 1 is 1.50 bits per heavy atom. The number of aromatic nitrogens is 1. The third kappa shape index (κ3) is 2.58. The van der Waals surface area contributed by atoms with Crippen molar-refractivity contribution in [1.29, 1.82) is 0 Å². The molecule has 4 nitrogen and oxygen atoms in total. The van der Waals surface area contributed by atoms with E-state index in [-0.39, 0.29) is 0 Å². The van der Waals surface area contributed by atoms with E-state index in [2.05, 4.69) is 26.3 Å². The normalized spacial score (nSPS) is 13.8. The largest absolute Gasteiger partial charge is 0.457 e. The lowest BCUT2D eigenvalue weighted by atomic mass is 10.1. The standard InChI is InChI=1S/C9H7BrF3N3OS/c10-7-4(1-2-17-7)6(16-14)5-3-15-8(18-5)9(11,12)13/h1-3,6,16H,14H2. The molecule has 0 aromatic carbocycles. The number of rotatable bonds is 3. The quantitative estimate of drug-likeness (QED) is 0.665. The maximum atomic E-state index is 12.5. The molecule has 2 aromatic heterocycles. The summed E-state index contributed by atoms with van der Waals surface area (Å²) >= 11 is 3.69. The fourth-order valence-corrected chi connectivity index (χ4v) is 2.72. The summed E-state index contributed by atoms with van der Waals surface area (Å²) in [5.41, 5.74) is 3.05. The van der Waals surface area contributed by atoms with Crippen LogP contribution in [0.4, 0.5) is 13.2 Å². The summed E-state index contributed by atoms with van der Waals surface area (Å²) in [5, 5.41) is -0.905. The Labute approximate surface area is 112 Å². The Balaban J connectivity index is 2.35. The van der Waals surface area contributed by atoms with Gasteiger partial charge in [0.05, 0.1) is 12.3 Å². The number of hydrogen-bond acceptors (Lipinski definition) is 5. The van der Waals surface area contributed by atoms with Gasteiger partial charge in [0.1, 0.15) is 0 Å². The van der Waals surface area contributed by atoms with Crippen LogP contribution in [0.15, 0.2) is 27.6 Å². The van der Waals surface area contributed by atoms with Gasteiger partial charge < -0.3 is 4.42 Å². The first kappa shape index (κ1) is 13.5. The number of furan rings is 1. The Kier molecular flexibility index (Phi) is 3.76. The molecule has 0 fully saturated rings. The highest BCUT2D eigenvalue weighted by molar-refractivity contribution is 9.10. The van der Waals surface area contributed by atoms with Gasteiger partial charge in [0.2, 0.25) is 0 Å². The predicted octanol–water partition coefficient (Wildman–Crippen LogP) is 3.07. The van der Waals surface area contributed by atoms with Crippen LogP contribution in [0.2, 0.25) is 0 Å². The number of hydrazine groups is 1. The molecule has 1 unspecified atom stereocenters. The zero-order valence-corrected chi connectivity index (χ0v) is 11.1. The number of thiazole rings is 1. The van der Waals surface area contributed by atoms with E-state index in [1.165, 1.54) is 6.26 Å². The first-order valence-electron chi connectivity index (χ1n) is 4.65. The fraction of sp³-hybridized carbons (Fsp3) is 0.222. The third-order valence-corrected chi connectivity index (χ3v) is 3.93. The summed E-state index contributed by atoms with van der Waals surface area (Å²) in [6, 6.07) is 1.01. The molecule has 0 aliphatic rings. The van der Waals surface area contributed by atoms with Crippen LogP contribution < -0.4 is 11.3 Å². The van der Waals surface area contributed by atoms with E-state index in [9.17, 15) is 13.2 Å². The zero-order chi connectivity index (χ0) is 13.3. The van der Waals surface area contributed by atoms with Gasteiger partial charge in [-0.3, -0.25) is 5.84 Å². The van der Waals surface area contributed by atoms with E-state index in [4.69, 9.17) is 10.3 Å². The molecule has 1 atom stereocenters. The Morgan fingerprint density at radius 3 is 2.67 bits per heavy atom. The van der Waals surface area contributed by atoms with Crippen molar-refractivity contribution in [3.63, 3.8) is 0 Å². The SMILES string of the molecule is NNC(c1cnc(C(F)(F)F)s1)c1ccoc1Br. The molecule has 0 spiro atoms. The van der Waals surface area contributed by atoms with Gasteiger partial charge in [-0.1, -0.05) is 0 Å². The Bertz CT molecular complexity index is 539. The average Bonchev–Trinajstić information content (AvgIpc) is 2.89. The van der Waals surface area contributed by atoms with Crippen LogP contribution in [0.25, 0.3) is 0 Å². The van der Waals surface area contributed by atoms with E-state index in [0.717, 1.165) is 6.20 Å². The number of nitrogens with two attached hydrogens (primary N) is 1. The second-order valence-electron chi connectivity index (χ2n) is 3.31. The molecule has 0 saturated heterocycles. The van der Waals surface area contributed by atoms with E-state index in [0.29, 0.717) is 26.4 Å². The topological polar surface area (TPSA) is 64.1 Å². The smallest absolute Gasteiger partial charge is 0.443 e. The van der Waals surface area contributed by atoms with Gasteiger partial charge in [0, 0.05) is 16.6 Å². The highest BCUT2D eigenvalue weighted by Gasteiger charge is 2.35. The molecule has 2 rings (SSSR count). The number of hydrogen-bond donors (Lipinski definition) is 2. The van der Waals surface area contributed by atoms with Gasteiger partial charge in [-0.05, 0) is 22.0 Å². The van der Waals surface area contributed by atoms with E-state index < -0.39 is 17.2 Å². The molecule has 3 N–H and O–H groups in total. The predicted molar refractivity (Wildman–Crippen MR) is 62.7 cm³/mol. The number of nitrogens with zero attached hydrogens (tertiary/aromatic N) is 1. The van der Waals surface area contributed by atoms with Gasteiger partial charge in [-0.15, -0.1) is 11.3 Å². The Morgan fingerprint density at radius 2 is 2.22 bits per heavy atom. The fourth-order valence-electron chi connectivity index (χ4n) is 1.39. The van der Waals surface area contributed by atoms with Crippen LogP contribution in [0, 0.1) is 0 Å². The van der Waals surface area contributed by atoms with Crippen LogP contribution >= 0.6 is 27.3 Å². The zero-order valence-electron chi connectivity index (χ0n) is 8.66. The number of alkyl halides is 3. The lowest BCUT2D eigenvalue weighted by molar-refractivity contribution is -0.137. The maximum absolute atomic E-state index is 12.5. The molecule has 98 valence electrons. The van der Waals surface area contributed by atoms with Gasteiger partial charge in [0.15, 0.2) is 9.68 Å². The van der Waals surface area contributed by atoms with Crippen molar-refractivity contribution in [1.82, 2.24) is 10.4 Å². The minimum atomic E-state index is -4.45. The lowest BCUT2D eigenvalue weighted by Gasteiger charge is -2.12. The minimum absolute atomic E-state index is 0.354. The molecule has 0 bridgehead atoms. The third-order valence-electron chi connectivity index (χ3n) is 2.17. The molecule has 2 aromatic rings. The highest BCUT2D eigenvalue weighted by Crippen LogP contribution is 2.37. The number of nitrogens with one attached hydrogen (secondary N) is 1.